The number of para-hydroxylation sites is 1. The molecule has 1 unspecified atom stereocenters. The molecule has 0 saturated heterocycles. The van der Waals surface area contributed by atoms with E-state index >= 15 is 0 Å². The first-order valence-electron chi connectivity index (χ1n) is 8.87. The van der Waals surface area contributed by atoms with Gasteiger partial charge in [-0.3, -0.25) is 4.79 Å². The predicted octanol–water partition coefficient (Wildman–Crippen LogP) is 5.11. The van der Waals surface area contributed by atoms with Gasteiger partial charge in [0.15, 0.2) is 0 Å². The van der Waals surface area contributed by atoms with Crippen LogP contribution in [0.1, 0.15) is 67.8 Å². The Morgan fingerprint density at radius 1 is 1.08 bits per heavy atom. The summed E-state index contributed by atoms with van der Waals surface area (Å²) in [6.07, 6.45) is 5.97. The Balaban J connectivity index is 2.36. The van der Waals surface area contributed by atoms with Crippen molar-refractivity contribution in [1.29, 1.82) is 0 Å². The van der Waals surface area contributed by atoms with Gasteiger partial charge in [0.2, 0.25) is 5.91 Å². The van der Waals surface area contributed by atoms with Crippen LogP contribution in [0.2, 0.25) is 0 Å². The molecule has 0 bridgehead atoms. The maximum atomic E-state index is 11.4. The lowest BCUT2D eigenvalue weighted by Crippen LogP contribution is -2.10. The Kier molecular flexibility index (Phi) is 6.42. The number of primary amides is 1. The number of carbonyl (C=O) groups excluding carboxylic acids is 1. The summed E-state index contributed by atoms with van der Waals surface area (Å²) in [7, 11) is 0. The zero-order chi connectivity index (χ0) is 17.5. The van der Waals surface area contributed by atoms with Crippen LogP contribution < -0.4 is 11.5 Å². The molecule has 24 heavy (non-hydrogen) atoms. The quantitative estimate of drug-likeness (QED) is 0.523. The minimum atomic E-state index is -0.419. The number of unbranched alkanes of at least 4 members (excludes halogenated alkanes) is 2. The van der Waals surface area contributed by atoms with Crippen LogP contribution in [0.15, 0.2) is 42.5 Å². The number of hydrogen-bond donors (Lipinski definition) is 2. The van der Waals surface area contributed by atoms with Crippen LogP contribution >= 0.6 is 0 Å². The zero-order valence-corrected chi connectivity index (χ0v) is 14.7. The van der Waals surface area contributed by atoms with E-state index in [2.05, 4.69) is 26.0 Å². The van der Waals surface area contributed by atoms with E-state index in [0.717, 1.165) is 23.2 Å². The van der Waals surface area contributed by atoms with E-state index in [1.165, 1.54) is 31.2 Å². The second-order valence-electron chi connectivity index (χ2n) is 6.35. The van der Waals surface area contributed by atoms with Gasteiger partial charge in [-0.15, -0.1) is 0 Å². The molecule has 0 aliphatic carbocycles. The number of amides is 1. The van der Waals surface area contributed by atoms with Crippen molar-refractivity contribution >= 4 is 11.6 Å². The zero-order valence-electron chi connectivity index (χ0n) is 14.7. The van der Waals surface area contributed by atoms with Gasteiger partial charge in [0.25, 0.3) is 0 Å². The van der Waals surface area contributed by atoms with Crippen LogP contribution in [0.4, 0.5) is 5.69 Å². The minimum absolute atomic E-state index is 0.419. The van der Waals surface area contributed by atoms with Crippen molar-refractivity contribution in [1.82, 2.24) is 0 Å². The van der Waals surface area contributed by atoms with Crippen LogP contribution in [-0.4, -0.2) is 5.91 Å². The highest BCUT2D eigenvalue weighted by Crippen LogP contribution is 2.36. The fourth-order valence-electron chi connectivity index (χ4n) is 3.25. The van der Waals surface area contributed by atoms with Crippen LogP contribution in [0, 0.1) is 0 Å². The van der Waals surface area contributed by atoms with Gasteiger partial charge in [-0.1, -0.05) is 63.4 Å². The maximum Gasteiger partial charge on any atom is 0.248 e. The monoisotopic (exact) mass is 324 g/mol. The summed E-state index contributed by atoms with van der Waals surface area (Å²) in [6.45, 7) is 4.44. The molecule has 2 aromatic carbocycles. The Bertz CT molecular complexity index is 694. The summed E-state index contributed by atoms with van der Waals surface area (Å²) >= 11 is 0. The van der Waals surface area contributed by atoms with E-state index < -0.39 is 5.91 Å². The third kappa shape index (κ3) is 4.16. The SMILES string of the molecule is CCCCCC(CC)c1cccc(-c2cccc(C(N)=O)c2)c1N. The fraction of sp³-hybridized carbons (Fsp3) is 0.381. The predicted molar refractivity (Wildman–Crippen MR) is 102 cm³/mol. The number of nitrogen functional groups attached to an aromatic ring is 1. The summed E-state index contributed by atoms with van der Waals surface area (Å²) in [5, 5.41) is 0. The molecule has 0 spiro atoms. The van der Waals surface area contributed by atoms with Crippen molar-refractivity contribution in [3.63, 3.8) is 0 Å². The molecule has 0 aliphatic heterocycles. The molecule has 3 heteroatoms. The van der Waals surface area contributed by atoms with Gasteiger partial charge in [-0.05, 0) is 42.0 Å². The van der Waals surface area contributed by atoms with Gasteiger partial charge in [-0.2, -0.15) is 0 Å². The van der Waals surface area contributed by atoms with Crippen LogP contribution in [0.25, 0.3) is 11.1 Å². The van der Waals surface area contributed by atoms with Crippen LogP contribution in [-0.2, 0) is 0 Å². The number of benzene rings is 2. The number of carbonyl (C=O) groups is 1. The highest BCUT2D eigenvalue weighted by atomic mass is 16.1. The van der Waals surface area contributed by atoms with Gasteiger partial charge in [0.05, 0.1) is 0 Å². The molecule has 128 valence electrons. The number of nitrogens with two attached hydrogens (primary N) is 2. The molecule has 1 atom stereocenters. The van der Waals surface area contributed by atoms with E-state index in [4.69, 9.17) is 11.5 Å². The summed E-state index contributed by atoms with van der Waals surface area (Å²) < 4.78 is 0. The van der Waals surface area contributed by atoms with E-state index in [-0.39, 0.29) is 0 Å². The summed E-state index contributed by atoms with van der Waals surface area (Å²) in [5.74, 6) is 0.0633. The van der Waals surface area contributed by atoms with Crippen molar-refractivity contribution < 1.29 is 4.79 Å². The average Bonchev–Trinajstić information content (AvgIpc) is 2.59. The Morgan fingerprint density at radius 3 is 2.50 bits per heavy atom. The molecule has 0 aromatic heterocycles. The first-order chi connectivity index (χ1) is 11.6. The van der Waals surface area contributed by atoms with Crippen molar-refractivity contribution in [2.24, 2.45) is 5.73 Å². The second-order valence-corrected chi connectivity index (χ2v) is 6.35. The summed E-state index contributed by atoms with van der Waals surface area (Å²) in [5.41, 5.74) is 16.4. The molecule has 0 aliphatic rings. The first-order valence-corrected chi connectivity index (χ1v) is 8.87. The van der Waals surface area contributed by atoms with Gasteiger partial charge in [0.1, 0.15) is 0 Å². The highest BCUT2D eigenvalue weighted by molar-refractivity contribution is 5.94. The lowest BCUT2D eigenvalue weighted by atomic mass is 9.87. The fourth-order valence-corrected chi connectivity index (χ4v) is 3.25. The molecule has 1 amide bonds. The standard InChI is InChI=1S/C21H28N2O/c1-3-5-6-9-15(4-2)18-12-8-13-19(20(18)22)16-10-7-11-17(14-16)21(23)24/h7-8,10-15H,3-6,9,22H2,1-2H3,(H2,23,24). The molecular formula is C21H28N2O. The normalized spacial score (nSPS) is 12.1. The molecule has 0 saturated carbocycles. The third-order valence-electron chi connectivity index (χ3n) is 4.69. The van der Waals surface area contributed by atoms with Gasteiger partial charge >= 0.3 is 0 Å². The Hall–Kier alpha value is -2.29. The van der Waals surface area contributed by atoms with Crippen molar-refractivity contribution in [2.45, 2.75) is 51.9 Å². The van der Waals surface area contributed by atoms with Crippen LogP contribution in [0.5, 0.6) is 0 Å². The summed E-state index contributed by atoms with van der Waals surface area (Å²) in [4.78, 5) is 11.4. The van der Waals surface area contributed by atoms with Crippen LogP contribution in [0.3, 0.4) is 0 Å². The molecule has 2 aromatic rings. The third-order valence-corrected chi connectivity index (χ3v) is 4.69. The molecule has 2 rings (SSSR count). The minimum Gasteiger partial charge on any atom is -0.398 e. The number of hydrogen-bond acceptors (Lipinski definition) is 2. The Morgan fingerprint density at radius 2 is 1.83 bits per heavy atom. The summed E-state index contributed by atoms with van der Waals surface area (Å²) in [6, 6.07) is 13.6. The van der Waals surface area contributed by atoms with E-state index in [9.17, 15) is 4.79 Å². The van der Waals surface area contributed by atoms with Gasteiger partial charge in [-0.25, -0.2) is 0 Å². The van der Waals surface area contributed by atoms with Gasteiger partial charge < -0.3 is 11.5 Å². The van der Waals surface area contributed by atoms with Crippen molar-refractivity contribution in [2.75, 3.05) is 5.73 Å². The lowest BCUT2D eigenvalue weighted by molar-refractivity contribution is 0.100. The van der Waals surface area contributed by atoms with E-state index in [0.29, 0.717) is 11.5 Å². The molecule has 0 fully saturated rings. The molecular weight excluding hydrogens is 296 g/mol. The highest BCUT2D eigenvalue weighted by Gasteiger charge is 2.15. The lowest BCUT2D eigenvalue weighted by Gasteiger charge is -2.20. The number of rotatable bonds is 8. The molecule has 0 heterocycles. The van der Waals surface area contributed by atoms with Crippen molar-refractivity contribution in [3.05, 3.63) is 53.6 Å². The topological polar surface area (TPSA) is 69.1 Å². The smallest absolute Gasteiger partial charge is 0.248 e. The van der Waals surface area contributed by atoms with Crippen molar-refractivity contribution in [3.8, 4) is 11.1 Å². The van der Waals surface area contributed by atoms with Gasteiger partial charge in [0, 0.05) is 16.8 Å². The molecule has 0 radical (unpaired) electrons. The molecule has 4 N–H and O–H groups in total. The van der Waals surface area contributed by atoms with E-state index in [1.54, 1.807) is 6.07 Å². The second kappa shape index (κ2) is 8.53. The van der Waals surface area contributed by atoms with E-state index in [1.807, 2.05) is 24.3 Å². The Labute approximate surface area is 145 Å². The molecule has 3 nitrogen and oxygen atoms in total. The first kappa shape index (κ1) is 18.1. The largest absolute Gasteiger partial charge is 0.398 e. The number of anilines is 1. The maximum absolute atomic E-state index is 11.4. The average molecular weight is 324 g/mol.